The number of anilines is 1. The van der Waals surface area contributed by atoms with Crippen molar-refractivity contribution < 1.29 is 27.4 Å². The maximum atomic E-state index is 13.2. The molecule has 0 unspecified atom stereocenters. The molecule has 8 nitrogen and oxygen atoms in total. The van der Waals surface area contributed by atoms with Gasteiger partial charge in [0.05, 0.1) is 26.5 Å². The van der Waals surface area contributed by atoms with Gasteiger partial charge in [-0.1, -0.05) is 6.07 Å². The second-order valence-electron chi connectivity index (χ2n) is 6.27. The van der Waals surface area contributed by atoms with Crippen LogP contribution in [-0.4, -0.2) is 40.2 Å². The van der Waals surface area contributed by atoms with Crippen LogP contribution in [0.15, 0.2) is 41.3 Å². The van der Waals surface area contributed by atoms with Crippen LogP contribution in [-0.2, 0) is 14.8 Å². The zero-order valence-electron chi connectivity index (χ0n) is 16.5. The largest absolute Gasteiger partial charge is 0.497 e. The molecule has 0 atom stereocenters. The number of hydrogen-bond donors (Lipinski definition) is 2. The number of benzene rings is 2. The minimum Gasteiger partial charge on any atom is -0.497 e. The van der Waals surface area contributed by atoms with Gasteiger partial charge in [0.25, 0.3) is 10.0 Å². The molecule has 2 N–H and O–H groups in total. The van der Waals surface area contributed by atoms with Gasteiger partial charge in [-0.2, -0.15) is 0 Å². The fourth-order valence-corrected chi connectivity index (χ4v) is 4.29. The first-order valence-electron chi connectivity index (χ1n) is 8.85. The van der Waals surface area contributed by atoms with E-state index < -0.39 is 16.0 Å². The van der Waals surface area contributed by atoms with Gasteiger partial charge in [-0.15, -0.1) is 0 Å². The Morgan fingerprint density at radius 3 is 2.52 bits per heavy atom. The summed E-state index contributed by atoms with van der Waals surface area (Å²) in [4.78, 5) is 15.3. The molecule has 1 aromatic heterocycles. The summed E-state index contributed by atoms with van der Waals surface area (Å²) in [7, 11) is -1.18. The Balaban J connectivity index is 2.18. The number of H-pyrrole nitrogens is 1. The standard InChI is InChI=1S/C20H22N2O6S/c1-5-28-20(23)19-18(14-11-13(26-3)7-8-15(14)21-19)22-29(24,25)17-10-12(2)6-9-16(17)27-4/h6-11,21-22H,5H2,1-4H3. The van der Waals surface area contributed by atoms with Crippen LogP contribution in [0.4, 0.5) is 5.69 Å². The number of aryl methyl sites for hydroxylation is 1. The Morgan fingerprint density at radius 1 is 1.10 bits per heavy atom. The Hall–Kier alpha value is -3.20. The maximum absolute atomic E-state index is 13.2. The van der Waals surface area contributed by atoms with Crippen LogP contribution in [0, 0.1) is 6.92 Å². The van der Waals surface area contributed by atoms with Crippen LogP contribution >= 0.6 is 0 Å². The topological polar surface area (TPSA) is 107 Å². The van der Waals surface area contributed by atoms with Crippen LogP contribution in [0.1, 0.15) is 23.0 Å². The molecular formula is C20H22N2O6S. The van der Waals surface area contributed by atoms with E-state index in [1.165, 1.54) is 20.3 Å². The Labute approximate surface area is 168 Å². The Kier molecular flexibility index (Phi) is 5.69. The zero-order valence-corrected chi connectivity index (χ0v) is 17.3. The van der Waals surface area contributed by atoms with Crippen molar-refractivity contribution in [3.63, 3.8) is 0 Å². The second kappa shape index (κ2) is 8.04. The highest BCUT2D eigenvalue weighted by molar-refractivity contribution is 7.92. The van der Waals surface area contributed by atoms with Crippen LogP contribution in [0.5, 0.6) is 11.5 Å². The Morgan fingerprint density at radius 2 is 1.86 bits per heavy atom. The molecule has 29 heavy (non-hydrogen) atoms. The average molecular weight is 418 g/mol. The number of aromatic amines is 1. The molecule has 0 bridgehead atoms. The van der Waals surface area contributed by atoms with E-state index in [2.05, 4.69) is 9.71 Å². The molecule has 3 rings (SSSR count). The second-order valence-corrected chi connectivity index (χ2v) is 7.92. The van der Waals surface area contributed by atoms with Gasteiger partial charge in [-0.3, -0.25) is 4.72 Å². The average Bonchev–Trinajstić information content (AvgIpc) is 3.05. The van der Waals surface area contributed by atoms with Crippen molar-refractivity contribution in [2.45, 2.75) is 18.7 Å². The third-order valence-electron chi connectivity index (χ3n) is 4.33. The van der Waals surface area contributed by atoms with E-state index >= 15 is 0 Å². The number of rotatable bonds is 7. The zero-order chi connectivity index (χ0) is 21.2. The summed E-state index contributed by atoms with van der Waals surface area (Å²) in [6.45, 7) is 3.60. The molecule has 0 aliphatic rings. The molecule has 1 heterocycles. The van der Waals surface area contributed by atoms with Crippen LogP contribution in [0.2, 0.25) is 0 Å². The van der Waals surface area contributed by atoms with E-state index in [9.17, 15) is 13.2 Å². The number of methoxy groups -OCH3 is 2. The van der Waals surface area contributed by atoms with Gasteiger partial charge < -0.3 is 19.2 Å². The molecule has 0 saturated heterocycles. The number of fused-ring (bicyclic) bond motifs is 1. The molecule has 0 amide bonds. The summed E-state index contributed by atoms with van der Waals surface area (Å²) in [6, 6.07) is 9.87. The van der Waals surface area contributed by atoms with Gasteiger partial charge in [-0.25, -0.2) is 13.2 Å². The van der Waals surface area contributed by atoms with Crippen molar-refractivity contribution in [1.29, 1.82) is 0 Å². The molecular weight excluding hydrogens is 396 g/mol. The summed E-state index contributed by atoms with van der Waals surface area (Å²) in [5.74, 6) is 0.0373. The van der Waals surface area contributed by atoms with E-state index in [1.54, 1.807) is 44.2 Å². The fourth-order valence-electron chi connectivity index (χ4n) is 2.94. The highest BCUT2D eigenvalue weighted by Gasteiger charge is 2.26. The first-order valence-corrected chi connectivity index (χ1v) is 10.3. The predicted molar refractivity (Wildman–Crippen MR) is 109 cm³/mol. The van der Waals surface area contributed by atoms with Crippen LogP contribution in [0.3, 0.4) is 0 Å². The molecule has 2 aromatic carbocycles. The van der Waals surface area contributed by atoms with Crippen molar-refractivity contribution >= 4 is 32.6 Å². The number of nitrogens with one attached hydrogen (secondary N) is 2. The van der Waals surface area contributed by atoms with E-state index in [4.69, 9.17) is 14.2 Å². The maximum Gasteiger partial charge on any atom is 0.356 e. The summed E-state index contributed by atoms with van der Waals surface area (Å²) in [6.07, 6.45) is 0. The molecule has 0 aliphatic carbocycles. The minimum atomic E-state index is -4.07. The molecule has 3 aromatic rings. The van der Waals surface area contributed by atoms with Crippen LogP contribution in [0.25, 0.3) is 10.9 Å². The monoisotopic (exact) mass is 418 g/mol. The fraction of sp³-hybridized carbons (Fsp3) is 0.250. The van der Waals surface area contributed by atoms with Gasteiger partial charge in [0, 0.05) is 10.9 Å². The van der Waals surface area contributed by atoms with Gasteiger partial charge in [0.2, 0.25) is 0 Å². The van der Waals surface area contributed by atoms with Gasteiger partial charge in [0.1, 0.15) is 16.4 Å². The highest BCUT2D eigenvalue weighted by Crippen LogP contribution is 2.34. The number of hydrogen-bond acceptors (Lipinski definition) is 6. The van der Waals surface area contributed by atoms with Crippen molar-refractivity contribution in [3.8, 4) is 11.5 Å². The van der Waals surface area contributed by atoms with E-state index in [0.29, 0.717) is 16.7 Å². The molecule has 9 heteroatoms. The molecule has 0 aliphatic heterocycles. The molecule has 0 saturated carbocycles. The van der Waals surface area contributed by atoms with E-state index in [1.807, 2.05) is 0 Å². The van der Waals surface area contributed by atoms with Crippen LogP contribution < -0.4 is 14.2 Å². The number of sulfonamides is 1. The normalized spacial score (nSPS) is 11.3. The first kappa shape index (κ1) is 20.5. The quantitative estimate of drug-likeness (QED) is 0.569. The third kappa shape index (κ3) is 4.00. The lowest BCUT2D eigenvalue weighted by Gasteiger charge is -2.13. The molecule has 154 valence electrons. The Bertz CT molecular complexity index is 1170. The third-order valence-corrected chi connectivity index (χ3v) is 5.70. The predicted octanol–water partition coefficient (Wildman–Crippen LogP) is 3.47. The molecule has 0 radical (unpaired) electrons. The van der Waals surface area contributed by atoms with Gasteiger partial charge >= 0.3 is 5.97 Å². The molecule has 0 spiro atoms. The number of aromatic nitrogens is 1. The minimum absolute atomic E-state index is 0.00491. The smallest absolute Gasteiger partial charge is 0.356 e. The lowest BCUT2D eigenvalue weighted by molar-refractivity contribution is 0.0522. The lowest BCUT2D eigenvalue weighted by atomic mass is 10.2. The van der Waals surface area contributed by atoms with Crippen molar-refractivity contribution in [1.82, 2.24) is 4.98 Å². The van der Waals surface area contributed by atoms with Crippen molar-refractivity contribution in [2.75, 3.05) is 25.5 Å². The van der Waals surface area contributed by atoms with E-state index in [-0.39, 0.29) is 28.6 Å². The lowest BCUT2D eigenvalue weighted by Crippen LogP contribution is -2.17. The first-order chi connectivity index (χ1) is 13.8. The summed E-state index contributed by atoms with van der Waals surface area (Å²) < 4.78 is 44.4. The van der Waals surface area contributed by atoms with Crippen molar-refractivity contribution in [3.05, 3.63) is 47.7 Å². The molecule has 0 fully saturated rings. The number of ether oxygens (including phenoxy) is 3. The number of carbonyl (C=O) groups excluding carboxylic acids is 1. The number of esters is 1. The SMILES string of the molecule is CCOC(=O)c1[nH]c2ccc(OC)cc2c1NS(=O)(=O)c1cc(C)ccc1OC. The number of carbonyl (C=O) groups is 1. The summed E-state index contributed by atoms with van der Waals surface area (Å²) >= 11 is 0. The van der Waals surface area contributed by atoms with Crippen molar-refractivity contribution in [2.24, 2.45) is 0 Å². The summed E-state index contributed by atoms with van der Waals surface area (Å²) in [5.41, 5.74) is 1.39. The van der Waals surface area contributed by atoms with E-state index in [0.717, 1.165) is 5.56 Å². The van der Waals surface area contributed by atoms with Gasteiger partial charge in [0.15, 0.2) is 5.69 Å². The van der Waals surface area contributed by atoms with Gasteiger partial charge in [-0.05, 0) is 49.7 Å². The highest BCUT2D eigenvalue weighted by atomic mass is 32.2. The summed E-state index contributed by atoms with van der Waals surface area (Å²) in [5, 5.41) is 0.475.